The van der Waals surface area contributed by atoms with Gasteiger partial charge in [-0.05, 0) is 6.26 Å². The number of aliphatic hydroxyl groups is 1. The maximum Gasteiger partial charge on any atom is 0.273 e. The second-order valence-electron chi connectivity index (χ2n) is 3.68. The fraction of sp³-hybridized carbons (Fsp3) is 0.600. The van der Waals surface area contributed by atoms with E-state index in [1.807, 2.05) is 6.26 Å². The van der Waals surface area contributed by atoms with Gasteiger partial charge in [0.2, 0.25) is 0 Å². The van der Waals surface area contributed by atoms with Crippen molar-refractivity contribution in [1.29, 1.82) is 0 Å². The second-order valence-corrected chi connectivity index (χ2v) is 5.59. The normalized spacial score (nSPS) is 21.3. The van der Waals surface area contributed by atoms with E-state index in [4.69, 9.17) is 4.74 Å². The molecule has 1 atom stereocenters. The SMILES string of the molecule is CSc1nc(C(=O)N2CCOCC(O)C2)cs1. The summed E-state index contributed by atoms with van der Waals surface area (Å²) in [6.45, 7) is 1.56. The van der Waals surface area contributed by atoms with Crippen molar-refractivity contribution in [3.8, 4) is 0 Å². The van der Waals surface area contributed by atoms with Crippen LogP contribution in [0, 0.1) is 0 Å². The summed E-state index contributed by atoms with van der Waals surface area (Å²) >= 11 is 2.98. The molecule has 17 heavy (non-hydrogen) atoms. The summed E-state index contributed by atoms with van der Waals surface area (Å²) in [6.07, 6.45) is 1.32. The molecule has 0 aliphatic carbocycles. The van der Waals surface area contributed by atoms with Crippen molar-refractivity contribution in [2.45, 2.75) is 10.4 Å². The standard InChI is InChI=1S/C10H14N2O3S2/c1-16-10-11-8(6-17-10)9(14)12-2-3-15-5-7(13)4-12/h6-7,13H,2-5H2,1H3. The van der Waals surface area contributed by atoms with Crippen LogP contribution in [0.5, 0.6) is 0 Å². The van der Waals surface area contributed by atoms with Gasteiger partial charge in [-0.3, -0.25) is 4.79 Å². The highest BCUT2D eigenvalue weighted by atomic mass is 32.2. The van der Waals surface area contributed by atoms with Crippen LogP contribution < -0.4 is 0 Å². The van der Waals surface area contributed by atoms with E-state index in [1.54, 1.807) is 10.3 Å². The molecule has 1 aliphatic heterocycles. The van der Waals surface area contributed by atoms with Crippen LogP contribution in [0.25, 0.3) is 0 Å². The molecule has 1 saturated heterocycles. The van der Waals surface area contributed by atoms with Crippen LogP contribution in [0.3, 0.4) is 0 Å². The molecule has 0 bridgehead atoms. The first-order valence-corrected chi connectivity index (χ1v) is 7.35. The van der Waals surface area contributed by atoms with E-state index < -0.39 is 6.10 Å². The molecule has 1 fully saturated rings. The number of ether oxygens (including phenoxy) is 1. The first kappa shape index (κ1) is 12.8. The zero-order valence-electron chi connectivity index (χ0n) is 9.46. The number of thioether (sulfide) groups is 1. The third-order valence-corrected chi connectivity index (χ3v) is 4.27. The molecule has 0 aromatic carbocycles. The maximum atomic E-state index is 12.1. The summed E-state index contributed by atoms with van der Waals surface area (Å²) in [5, 5.41) is 11.3. The number of hydrogen-bond acceptors (Lipinski definition) is 6. The zero-order valence-corrected chi connectivity index (χ0v) is 11.1. The second kappa shape index (κ2) is 5.81. The molecule has 2 heterocycles. The van der Waals surface area contributed by atoms with E-state index in [1.165, 1.54) is 23.1 Å². The molecule has 2 rings (SSSR count). The topological polar surface area (TPSA) is 62.7 Å². The van der Waals surface area contributed by atoms with Crippen LogP contribution >= 0.6 is 23.1 Å². The Bertz CT molecular complexity index is 397. The molecule has 94 valence electrons. The van der Waals surface area contributed by atoms with Crippen molar-refractivity contribution in [1.82, 2.24) is 9.88 Å². The minimum absolute atomic E-state index is 0.133. The van der Waals surface area contributed by atoms with Gasteiger partial charge in [0.15, 0.2) is 0 Å². The van der Waals surface area contributed by atoms with Gasteiger partial charge in [0.1, 0.15) is 10.0 Å². The predicted molar refractivity (Wildman–Crippen MR) is 66.6 cm³/mol. The van der Waals surface area contributed by atoms with Gasteiger partial charge in [0.05, 0.1) is 19.3 Å². The van der Waals surface area contributed by atoms with Crippen LogP contribution in [0.2, 0.25) is 0 Å². The first-order valence-electron chi connectivity index (χ1n) is 5.25. The predicted octanol–water partition coefficient (Wildman–Crippen LogP) is 0.698. The van der Waals surface area contributed by atoms with Crippen LogP contribution in [0.4, 0.5) is 0 Å². The van der Waals surface area contributed by atoms with Crippen molar-refractivity contribution in [3.63, 3.8) is 0 Å². The maximum absolute atomic E-state index is 12.1. The van der Waals surface area contributed by atoms with Crippen molar-refractivity contribution in [3.05, 3.63) is 11.1 Å². The number of rotatable bonds is 2. The van der Waals surface area contributed by atoms with Crippen LogP contribution in [0.15, 0.2) is 9.72 Å². The van der Waals surface area contributed by atoms with Crippen molar-refractivity contribution in [2.24, 2.45) is 0 Å². The summed E-state index contributed by atoms with van der Waals surface area (Å²) in [7, 11) is 0. The van der Waals surface area contributed by atoms with Gasteiger partial charge in [-0.2, -0.15) is 0 Å². The van der Waals surface area contributed by atoms with Crippen molar-refractivity contribution in [2.75, 3.05) is 32.6 Å². The van der Waals surface area contributed by atoms with E-state index in [2.05, 4.69) is 4.98 Å². The van der Waals surface area contributed by atoms with Gasteiger partial charge in [-0.25, -0.2) is 4.98 Å². The molecule has 5 nitrogen and oxygen atoms in total. The lowest BCUT2D eigenvalue weighted by Gasteiger charge is -2.20. The third kappa shape index (κ3) is 3.19. The minimum Gasteiger partial charge on any atom is -0.389 e. The number of hydrogen-bond donors (Lipinski definition) is 1. The summed E-state index contributed by atoms with van der Waals surface area (Å²) < 4.78 is 6.06. The van der Waals surface area contributed by atoms with Gasteiger partial charge in [-0.15, -0.1) is 11.3 Å². The zero-order chi connectivity index (χ0) is 12.3. The lowest BCUT2D eigenvalue weighted by Crippen LogP contribution is -2.37. The van der Waals surface area contributed by atoms with Crippen molar-refractivity contribution < 1.29 is 14.6 Å². The van der Waals surface area contributed by atoms with Crippen LogP contribution in [0.1, 0.15) is 10.5 Å². The Balaban J connectivity index is 2.07. The Labute approximate surface area is 108 Å². The van der Waals surface area contributed by atoms with Gasteiger partial charge in [-0.1, -0.05) is 11.8 Å². The molecule has 1 N–H and O–H groups in total. The molecule has 7 heteroatoms. The molecule has 0 spiro atoms. The van der Waals surface area contributed by atoms with Gasteiger partial charge in [0.25, 0.3) is 5.91 Å². The van der Waals surface area contributed by atoms with E-state index in [0.717, 1.165) is 4.34 Å². The van der Waals surface area contributed by atoms with Gasteiger partial charge in [0, 0.05) is 18.5 Å². The lowest BCUT2D eigenvalue weighted by atomic mass is 10.3. The molecular formula is C10H14N2O3S2. The highest BCUT2D eigenvalue weighted by molar-refractivity contribution is 8.00. The number of carbonyl (C=O) groups excluding carboxylic acids is 1. The number of thiazole rings is 1. The Morgan fingerprint density at radius 1 is 1.76 bits per heavy atom. The van der Waals surface area contributed by atoms with Crippen molar-refractivity contribution >= 4 is 29.0 Å². The Hall–Kier alpha value is -0.630. The van der Waals surface area contributed by atoms with E-state index in [0.29, 0.717) is 25.4 Å². The fourth-order valence-corrected chi connectivity index (χ4v) is 2.82. The minimum atomic E-state index is -0.611. The highest BCUT2D eigenvalue weighted by Crippen LogP contribution is 2.20. The summed E-state index contributed by atoms with van der Waals surface area (Å²) in [5.41, 5.74) is 0.452. The van der Waals surface area contributed by atoms with E-state index in [-0.39, 0.29) is 12.5 Å². The Morgan fingerprint density at radius 3 is 3.29 bits per heavy atom. The highest BCUT2D eigenvalue weighted by Gasteiger charge is 2.23. The van der Waals surface area contributed by atoms with E-state index in [9.17, 15) is 9.90 Å². The average molecular weight is 274 g/mol. The number of aliphatic hydroxyl groups excluding tert-OH is 1. The lowest BCUT2D eigenvalue weighted by molar-refractivity contribution is 0.0533. The summed E-state index contributed by atoms with van der Waals surface area (Å²) in [5.74, 6) is -0.133. The molecule has 1 aromatic heterocycles. The number of amides is 1. The Morgan fingerprint density at radius 2 is 2.59 bits per heavy atom. The molecule has 1 amide bonds. The van der Waals surface area contributed by atoms with Gasteiger partial charge < -0.3 is 14.7 Å². The number of β-amino-alcohol motifs (C(OH)–C–C–N with tert-alkyl or cyclic N) is 1. The number of nitrogens with zero attached hydrogens (tertiary/aromatic N) is 2. The molecule has 1 aliphatic rings. The third-order valence-electron chi connectivity index (χ3n) is 2.41. The number of aromatic nitrogens is 1. The number of carbonyl (C=O) groups is 1. The smallest absolute Gasteiger partial charge is 0.273 e. The summed E-state index contributed by atoms with van der Waals surface area (Å²) in [4.78, 5) is 17.9. The Kier molecular flexibility index (Phi) is 4.38. The average Bonchev–Trinajstić information content (AvgIpc) is 2.71. The fourth-order valence-electron chi connectivity index (χ4n) is 1.59. The monoisotopic (exact) mass is 274 g/mol. The van der Waals surface area contributed by atoms with E-state index >= 15 is 0 Å². The molecule has 1 aromatic rings. The van der Waals surface area contributed by atoms with Crippen LogP contribution in [-0.2, 0) is 4.74 Å². The first-order chi connectivity index (χ1) is 8.20. The molecule has 0 saturated carbocycles. The summed E-state index contributed by atoms with van der Waals surface area (Å²) in [6, 6.07) is 0. The van der Waals surface area contributed by atoms with Gasteiger partial charge >= 0.3 is 0 Å². The quantitative estimate of drug-likeness (QED) is 0.804. The molecule has 0 radical (unpaired) electrons. The largest absolute Gasteiger partial charge is 0.389 e. The molecule has 1 unspecified atom stereocenters. The van der Waals surface area contributed by atoms with Crippen LogP contribution in [-0.4, -0.2) is 59.6 Å². The molecular weight excluding hydrogens is 260 g/mol.